The predicted molar refractivity (Wildman–Crippen MR) is 59.6 cm³/mol. The summed E-state index contributed by atoms with van der Waals surface area (Å²) in [7, 11) is 0. The van der Waals surface area contributed by atoms with Crippen molar-refractivity contribution < 1.29 is 0 Å². The average Bonchev–Trinajstić information content (AvgIpc) is 2.04. The van der Waals surface area contributed by atoms with Gasteiger partial charge in [0.1, 0.15) is 0 Å². The Balaban J connectivity index is 0.000000261. The quantitative estimate of drug-likeness (QED) is 0.633. The van der Waals surface area contributed by atoms with Gasteiger partial charge in [-0.2, -0.15) is 0 Å². The molecule has 1 rings (SSSR count). The van der Waals surface area contributed by atoms with Gasteiger partial charge in [0.15, 0.2) is 0 Å². The molecule has 0 heterocycles. The minimum absolute atomic E-state index is 1.34. The van der Waals surface area contributed by atoms with E-state index in [1.807, 2.05) is 6.26 Å². The molecule has 0 saturated heterocycles. The molecule has 0 N–H and O–H groups in total. The Morgan fingerprint density at radius 1 is 1.25 bits per heavy atom. The van der Waals surface area contributed by atoms with Crippen molar-refractivity contribution in [3.8, 4) is 0 Å². The SMILES string of the molecule is C=CSC.Cc1cccc(C)c1. The van der Waals surface area contributed by atoms with E-state index in [1.165, 1.54) is 11.1 Å². The minimum atomic E-state index is 1.34. The van der Waals surface area contributed by atoms with E-state index in [4.69, 9.17) is 0 Å². The van der Waals surface area contributed by atoms with Crippen LogP contribution in [0.4, 0.5) is 0 Å². The molecule has 1 heteroatoms. The van der Waals surface area contributed by atoms with Gasteiger partial charge in [-0.05, 0) is 25.5 Å². The molecule has 0 atom stereocenters. The fraction of sp³-hybridized carbons (Fsp3) is 0.273. The van der Waals surface area contributed by atoms with Crippen LogP contribution in [0.2, 0.25) is 0 Å². The minimum Gasteiger partial charge on any atom is -0.138 e. The number of benzene rings is 1. The first kappa shape index (κ1) is 11.3. The van der Waals surface area contributed by atoms with Crippen molar-refractivity contribution in [2.75, 3.05) is 6.26 Å². The molecule has 0 spiro atoms. The maximum atomic E-state index is 3.44. The number of thioether (sulfide) groups is 1. The van der Waals surface area contributed by atoms with Crippen molar-refractivity contribution in [3.63, 3.8) is 0 Å². The van der Waals surface area contributed by atoms with E-state index in [9.17, 15) is 0 Å². The highest BCUT2D eigenvalue weighted by molar-refractivity contribution is 8.01. The molecule has 0 aliphatic heterocycles. The van der Waals surface area contributed by atoms with Crippen LogP contribution in [-0.4, -0.2) is 6.26 Å². The normalized spacial score (nSPS) is 8.25. The van der Waals surface area contributed by atoms with Crippen molar-refractivity contribution >= 4 is 11.8 Å². The summed E-state index contributed by atoms with van der Waals surface area (Å²) in [6.07, 6.45) is 1.98. The highest BCUT2D eigenvalue weighted by Gasteiger charge is 1.80. The topological polar surface area (TPSA) is 0 Å². The molecule has 0 aromatic heterocycles. The van der Waals surface area contributed by atoms with Crippen LogP contribution < -0.4 is 0 Å². The van der Waals surface area contributed by atoms with E-state index in [2.05, 4.69) is 44.7 Å². The Morgan fingerprint density at radius 3 is 1.83 bits per heavy atom. The molecular formula is C11H16S. The third kappa shape index (κ3) is 6.05. The standard InChI is InChI=1S/C8H10.C3H6S/c1-7-4-3-5-8(2)6-7;1-3-4-2/h3-6H,1-2H3;3H,1H2,2H3. The molecule has 0 bridgehead atoms. The number of hydrogen-bond acceptors (Lipinski definition) is 1. The molecule has 0 saturated carbocycles. The maximum Gasteiger partial charge on any atom is -0.0142 e. The summed E-state index contributed by atoms with van der Waals surface area (Å²) in [6.45, 7) is 7.65. The summed E-state index contributed by atoms with van der Waals surface area (Å²) in [5.74, 6) is 0. The molecule has 0 aliphatic rings. The zero-order chi connectivity index (χ0) is 9.40. The molecule has 0 nitrogen and oxygen atoms in total. The smallest absolute Gasteiger partial charge is 0.0142 e. The van der Waals surface area contributed by atoms with Gasteiger partial charge in [0, 0.05) is 0 Å². The van der Waals surface area contributed by atoms with E-state index in [0.717, 1.165) is 0 Å². The van der Waals surface area contributed by atoms with Crippen molar-refractivity contribution in [2.24, 2.45) is 0 Å². The van der Waals surface area contributed by atoms with Crippen LogP contribution in [0.25, 0.3) is 0 Å². The zero-order valence-electron chi connectivity index (χ0n) is 8.00. The second-order valence-electron chi connectivity index (χ2n) is 2.56. The predicted octanol–water partition coefficient (Wildman–Crippen LogP) is 3.80. The maximum absolute atomic E-state index is 3.44. The van der Waals surface area contributed by atoms with Crippen LogP contribution in [0.1, 0.15) is 11.1 Å². The van der Waals surface area contributed by atoms with Crippen molar-refractivity contribution in [3.05, 3.63) is 47.4 Å². The molecule has 66 valence electrons. The monoisotopic (exact) mass is 180 g/mol. The third-order valence-corrected chi connectivity index (χ3v) is 1.67. The number of hydrogen-bond donors (Lipinski definition) is 0. The largest absolute Gasteiger partial charge is 0.138 e. The lowest BCUT2D eigenvalue weighted by Gasteiger charge is -1.90. The van der Waals surface area contributed by atoms with E-state index in [0.29, 0.717) is 0 Å². The molecule has 0 amide bonds. The summed E-state index contributed by atoms with van der Waals surface area (Å²) in [6, 6.07) is 8.45. The second-order valence-corrected chi connectivity index (χ2v) is 3.37. The van der Waals surface area contributed by atoms with Gasteiger partial charge in [-0.3, -0.25) is 0 Å². The van der Waals surface area contributed by atoms with Gasteiger partial charge in [0.05, 0.1) is 0 Å². The molecule has 0 unspecified atom stereocenters. The zero-order valence-corrected chi connectivity index (χ0v) is 8.82. The van der Waals surface area contributed by atoms with Gasteiger partial charge in [-0.1, -0.05) is 42.0 Å². The van der Waals surface area contributed by atoms with Crippen LogP contribution in [0, 0.1) is 13.8 Å². The van der Waals surface area contributed by atoms with Crippen LogP contribution in [0.15, 0.2) is 36.3 Å². The van der Waals surface area contributed by atoms with Gasteiger partial charge < -0.3 is 0 Å². The van der Waals surface area contributed by atoms with Crippen molar-refractivity contribution in [1.82, 2.24) is 0 Å². The van der Waals surface area contributed by atoms with E-state index in [-0.39, 0.29) is 0 Å². The van der Waals surface area contributed by atoms with Gasteiger partial charge in [0.25, 0.3) is 0 Å². The Hall–Kier alpha value is -0.690. The Kier molecular flexibility index (Phi) is 6.58. The number of rotatable bonds is 1. The first-order valence-electron chi connectivity index (χ1n) is 3.87. The van der Waals surface area contributed by atoms with Crippen molar-refractivity contribution in [2.45, 2.75) is 13.8 Å². The van der Waals surface area contributed by atoms with Crippen LogP contribution in [0.5, 0.6) is 0 Å². The van der Waals surface area contributed by atoms with Crippen LogP contribution >= 0.6 is 11.8 Å². The summed E-state index contributed by atoms with van der Waals surface area (Å²) in [5, 5.41) is 1.79. The summed E-state index contributed by atoms with van der Waals surface area (Å²) < 4.78 is 0. The Bertz CT molecular complexity index is 211. The Morgan fingerprint density at radius 2 is 1.67 bits per heavy atom. The second kappa shape index (κ2) is 6.99. The summed E-state index contributed by atoms with van der Waals surface area (Å²) >= 11 is 1.62. The highest BCUT2D eigenvalue weighted by atomic mass is 32.2. The summed E-state index contributed by atoms with van der Waals surface area (Å²) in [4.78, 5) is 0. The number of aryl methyl sites for hydroxylation is 2. The third-order valence-electron chi connectivity index (χ3n) is 1.34. The summed E-state index contributed by atoms with van der Waals surface area (Å²) in [5.41, 5.74) is 2.68. The molecule has 0 fully saturated rings. The van der Waals surface area contributed by atoms with E-state index < -0.39 is 0 Å². The first-order valence-corrected chi connectivity index (χ1v) is 5.16. The molecule has 1 aromatic carbocycles. The fourth-order valence-corrected chi connectivity index (χ4v) is 0.807. The first-order chi connectivity index (χ1) is 5.70. The van der Waals surface area contributed by atoms with Gasteiger partial charge in [-0.15, -0.1) is 11.8 Å². The molecule has 0 aliphatic carbocycles. The molecule has 12 heavy (non-hydrogen) atoms. The molecule has 0 radical (unpaired) electrons. The Labute approximate surface area is 79.7 Å². The van der Waals surface area contributed by atoms with Gasteiger partial charge in [0.2, 0.25) is 0 Å². The molecule has 1 aromatic rings. The fourth-order valence-electron chi connectivity index (χ4n) is 0.807. The van der Waals surface area contributed by atoms with Crippen LogP contribution in [-0.2, 0) is 0 Å². The highest BCUT2D eigenvalue weighted by Crippen LogP contribution is 2.00. The van der Waals surface area contributed by atoms with Gasteiger partial charge >= 0.3 is 0 Å². The average molecular weight is 180 g/mol. The van der Waals surface area contributed by atoms with E-state index >= 15 is 0 Å². The lowest BCUT2D eigenvalue weighted by Crippen LogP contribution is -1.71. The van der Waals surface area contributed by atoms with E-state index in [1.54, 1.807) is 17.2 Å². The lowest BCUT2D eigenvalue weighted by atomic mass is 10.2. The molecular weight excluding hydrogens is 164 g/mol. The van der Waals surface area contributed by atoms with Crippen LogP contribution in [0.3, 0.4) is 0 Å². The van der Waals surface area contributed by atoms with Crippen molar-refractivity contribution in [1.29, 1.82) is 0 Å². The van der Waals surface area contributed by atoms with Gasteiger partial charge in [-0.25, -0.2) is 0 Å². The lowest BCUT2D eigenvalue weighted by molar-refractivity contribution is 1.39.